The van der Waals surface area contributed by atoms with Gasteiger partial charge >= 0.3 is 6.03 Å². The van der Waals surface area contributed by atoms with Gasteiger partial charge in [-0.15, -0.1) is 0 Å². The molecule has 1 aromatic heterocycles. The van der Waals surface area contributed by atoms with E-state index >= 15 is 0 Å². The molecule has 26 heavy (non-hydrogen) atoms. The van der Waals surface area contributed by atoms with Gasteiger partial charge < -0.3 is 20.3 Å². The molecule has 2 N–H and O–H groups in total. The van der Waals surface area contributed by atoms with Gasteiger partial charge in [-0.2, -0.15) is 0 Å². The Morgan fingerprint density at radius 3 is 2.73 bits per heavy atom. The summed E-state index contributed by atoms with van der Waals surface area (Å²) in [6.07, 6.45) is 2.58. The fraction of sp³-hybridized carbons (Fsp3) is 0.316. The predicted molar refractivity (Wildman–Crippen MR) is 95.6 cm³/mol. The van der Waals surface area contributed by atoms with Crippen LogP contribution >= 0.6 is 0 Å². The number of amides is 3. The highest BCUT2D eigenvalue weighted by Crippen LogP contribution is 2.21. The first kappa shape index (κ1) is 16.5. The van der Waals surface area contributed by atoms with Gasteiger partial charge in [0.1, 0.15) is 0 Å². The van der Waals surface area contributed by atoms with Gasteiger partial charge in [-0.3, -0.25) is 9.78 Å². The second kappa shape index (κ2) is 7.13. The number of carbonyl (C=O) groups is 2. The van der Waals surface area contributed by atoms with Gasteiger partial charge in [0.2, 0.25) is 0 Å². The number of rotatable bonds is 3. The van der Waals surface area contributed by atoms with Gasteiger partial charge in [0.05, 0.1) is 24.9 Å². The maximum Gasteiger partial charge on any atom is 0.322 e. The molecule has 0 saturated carbocycles. The highest BCUT2D eigenvalue weighted by Gasteiger charge is 2.24. The average Bonchev–Trinajstić information content (AvgIpc) is 3.31. The summed E-state index contributed by atoms with van der Waals surface area (Å²) in [5.41, 5.74) is 3.23. The lowest BCUT2D eigenvalue weighted by Gasteiger charge is -2.16. The molecule has 1 saturated heterocycles. The number of carbonyl (C=O) groups excluding carboxylic acids is 2. The van der Waals surface area contributed by atoms with Crippen LogP contribution in [0.4, 0.5) is 10.5 Å². The zero-order chi connectivity index (χ0) is 17.9. The Hall–Kier alpha value is -2.93. The van der Waals surface area contributed by atoms with Gasteiger partial charge in [0.15, 0.2) is 0 Å². The van der Waals surface area contributed by atoms with Crippen LogP contribution in [0.2, 0.25) is 0 Å². The number of pyridine rings is 1. The topological polar surface area (TPSA) is 83.6 Å². The van der Waals surface area contributed by atoms with Crippen molar-refractivity contribution < 1.29 is 14.3 Å². The van der Waals surface area contributed by atoms with Crippen LogP contribution in [0.5, 0.6) is 0 Å². The maximum atomic E-state index is 12.4. The predicted octanol–water partition coefficient (Wildman–Crippen LogP) is 2.15. The van der Waals surface area contributed by atoms with Crippen molar-refractivity contribution in [3.8, 4) is 0 Å². The summed E-state index contributed by atoms with van der Waals surface area (Å²) in [6, 6.07) is 10.6. The van der Waals surface area contributed by atoms with E-state index < -0.39 is 0 Å². The number of hydrogen-bond donors (Lipinski definition) is 2. The zero-order valence-corrected chi connectivity index (χ0v) is 14.3. The molecular weight excluding hydrogens is 332 g/mol. The lowest BCUT2D eigenvalue weighted by Crippen LogP contribution is -2.35. The Balaban J connectivity index is 1.34. The van der Waals surface area contributed by atoms with Crippen LogP contribution < -0.4 is 10.6 Å². The van der Waals surface area contributed by atoms with Crippen LogP contribution in [-0.4, -0.2) is 41.1 Å². The van der Waals surface area contributed by atoms with Crippen LogP contribution in [0, 0.1) is 0 Å². The van der Waals surface area contributed by atoms with Crippen molar-refractivity contribution in [2.24, 2.45) is 0 Å². The molecule has 3 heterocycles. The molecule has 0 aliphatic carbocycles. The Morgan fingerprint density at radius 2 is 2.00 bits per heavy atom. The molecule has 2 aliphatic heterocycles. The third-order valence-electron chi connectivity index (χ3n) is 4.64. The lowest BCUT2D eigenvalue weighted by atomic mass is 10.1. The summed E-state index contributed by atoms with van der Waals surface area (Å²) in [7, 11) is 0. The van der Waals surface area contributed by atoms with E-state index in [2.05, 4.69) is 15.6 Å². The molecule has 7 nitrogen and oxygen atoms in total. The third kappa shape index (κ3) is 3.52. The van der Waals surface area contributed by atoms with E-state index in [0.29, 0.717) is 37.6 Å². The Morgan fingerprint density at radius 1 is 1.15 bits per heavy atom. The van der Waals surface area contributed by atoms with Crippen LogP contribution in [0.3, 0.4) is 0 Å². The standard InChI is InChI=1S/C19H20N4O3/c24-18(21-16-7-9-26-12-16)13-3-5-15(6-4-13)22-19(25)23-10-14-2-1-8-20-17(14)11-23/h1-6,8,16H,7,9-12H2,(H,21,24)(H,22,25)/t16-/m0/s1. The first-order valence-electron chi connectivity index (χ1n) is 8.66. The number of urea groups is 1. The summed E-state index contributed by atoms with van der Waals surface area (Å²) in [5.74, 6) is -0.126. The highest BCUT2D eigenvalue weighted by atomic mass is 16.5. The normalized spacial score (nSPS) is 18.5. The van der Waals surface area contributed by atoms with E-state index in [1.165, 1.54) is 0 Å². The second-order valence-corrected chi connectivity index (χ2v) is 6.51. The molecule has 4 rings (SSSR count). The van der Waals surface area contributed by atoms with Gasteiger partial charge in [0, 0.05) is 30.6 Å². The van der Waals surface area contributed by atoms with Crippen molar-refractivity contribution in [3.63, 3.8) is 0 Å². The minimum absolute atomic E-state index is 0.0762. The fourth-order valence-corrected chi connectivity index (χ4v) is 3.17. The molecule has 1 atom stereocenters. The summed E-state index contributed by atoms with van der Waals surface area (Å²) in [5, 5.41) is 5.81. The number of fused-ring (bicyclic) bond motifs is 1. The Kier molecular flexibility index (Phi) is 4.53. The molecule has 0 bridgehead atoms. The zero-order valence-electron chi connectivity index (χ0n) is 14.3. The minimum atomic E-state index is -0.177. The van der Waals surface area contributed by atoms with Crippen molar-refractivity contribution in [1.29, 1.82) is 0 Å². The molecule has 2 aliphatic rings. The average molecular weight is 352 g/mol. The highest BCUT2D eigenvalue weighted by molar-refractivity contribution is 5.95. The summed E-state index contributed by atoms with van der Waals surface area (Å²) in [4.78, 5) is 30.6. The number of benzene rings is 1. The van der Waals surface area contributed by atoms with Gasteiger partial charge in [0.25, 0.3) is 5.91 Å². The summed E-state index contributed by atoms with van der Waals surface area (Å²) >= 11 is 0. The number of nitrogens with one attached hydrogen (secondary N) is 2. The molecule has 134 valence electrons. The van der Waals surface area contributed by atoms with E-state index in [1.807, 2.05) is 12.1 Å². The number of ether oxygens (including phenoxy) is 1. The molecule has 2 aromatic rings. The number of anilines is 1. The van der Waals surface area contributed by atoms with Crippen molar-refractivity contribution in [3.05, 3.63) is 59.4 Å². The van der Waals surface area contributed by atoms with Crippen molar-refractivity contribution in [2.45, 2.75) is 25.6 Å². The van der Waals surface area contributed by atoms with Gasteiger partial charge in [-0.25, -0.2) is 4.79 Å². The molecule has 3 amide bonds. The molecule has 1 aromatic carbocycles. The molecule has 1 fully saturated rings. The van der Waals surface area contributed by atoms with Crippen molar-refractivity contribution >= 4 is 17.6 Å². The first-order valence-corrected chi connectivity index (χ1v) is 8.66. The lowest BCUT2D eigenvalue weighted by molar-refractivity contribution is 0.0930. The minimum Gasteiger partial charge on any atom is -0.379 e. The fourth-order valence-electron chi connectivity index (χ4n) is 3.17. The summed E-state index contributed by atoms with van der Waals surface area (Å²) in [6.45, 7) is 2.31. The number of nitrogens with zero attached hydrogens (tertiary/aromatic N) is 2. The maximum absolute atomic E-state index is 12.4. The quantitative estimate of drug-likeness (QED) is 0.887. The van der Waals surface area contributed by atoms with Crippen LogP contribution in [-0.2, 0) is 17.8 Å². The Labute approximate surface area is 151 Å². The van der Waals surface area contributed by atoms with Crippen molar-refractivity contribution in [1.82, 2.24) is 15.2 Å². The largest absolute Gasteiger partial charge is 0.379 e. The van der Waals surface area contributed by atoms with Crippen molar-refractivity contribution in [2.75, 3.05) is 18.5 Å². The molecular formula is C19H20N4O3. The van der Waals surface area contributed by atoms with E-state index in [0.717, 1.165) is 17.7 Å². The Bertz CT molecular complexity index is 791. The van der Waals surface area contributed by atoms with Gasteiger partial charge in [-0.1, -0.05) is 6.07 Å². The number of hydrogen-bond acceptors (Lipinski definition) is 4. The van der Waals surface area contributed by atoms with E-state index in [1.54, 1.807) is 35.4 Å². The smallest absolute Gasteiger partial charge is 0.322 e. The number of aromatic nitrogens is 1. The van der Waals surface area contributed by atoms with E-state index in [-0.39, 0.29) is 18.0 Å². The second-order valence-electron chi connectivity index (χ2n) is 6.51. The SMILES string of the molecule is O=C(N[C@H]1CCOC1)c1ccc(NC(=O)N2Cc3cccnc3C2)cc1. The van der Waals surface area contributed by atoms with Crippen LogP contribution in [0.25, 0.3) is 0 Å². The van der Waals surface area contributed by atoms with E-state index in [4.69, 9.17) is 4.74 Å². The molecule has 7 heteroatoms. The van der Waals surface area contributed by atoms with Crippen LogP contribution in [0.1, 0.15) is 28.0 Å². The van der Waals surface area contributed by atoms with Gasteiger partial charge in [-0.05, 0) is 42.3 Å². The van der Waals surface area contributed by atoms with E-state index in [9.17, 15) is 9.59 Å². The monoisotopic (exact) mass is 352 g/mol. The molecule has 0 unspecified atom stereocenters. The first-order chi connectivity index (χ1) is 12.7. The molecule has 0 radical (unpaired) electrons. The summed E-state index contributed by atoms with van der Waals surface area (Å²) < 4.78 is 5.26. The molecule has 0 spiro atoms. The van der Waals surface area contributed by atoms with Crippen LogP contribution in [0.15, 0.2) is 42.6 Å². The third-order valence-corrected chi connectivity index (χ3v) is 4.64.